The number of nitrogens with zero attached hydrogens (tertiary/aromatic N) is 3. The summed E-state index contributed by atoms with van der Waals surface area (Å²) in [7, 11) is 1.44. The van der Waals surface area contributed by atoms with Gasteiger partial charge in [0.25, 0.3) is 0 Å². The van der Waals surface area contributed by atoms with E-state index in [1.165, 1.54) is 18.7 Å². The molecule has 1 fully saturated rings. The molecule has 0 amide bonds. The predicted molar refractivity (Wildman–Crippen MR) is 101 cm³/mol. The van der Waals surface area contributed by atoms with Crippen molar-refractivity contribution < 1.29 is 18.3 Å². The van der Waals surface area contributed by atoms with E-state index in [0.29, 0.717) is 11.3 Å². The van der Waals surface area contributed by atoms with E-state index in [1.807, 2.05) is 24.3 Å². The third-order valence-corrected chi connectivity index (χ3v) is 4.80. The number of methoxy groups -OCH3 is 1. The van der Waals surface area contributed by atoms with Gasteiger partial charge in [-0.2, -0.15) is 14.0 Å². The topological polar surface area (TPSA) is 48.7 Å². The normalized spacial score (nSPS) is 15.4. The van der Waals surface area contributed by atoms with Crippen LogP contribution in [-0.2, 0) is 13.1 Å². The minimum absolute atomic E-state index is 0.0495. The molecule has 1 heterocycles. The molecule has 0 spiro atoms. The lowest BCUT2D eigenvalue weighted by Gasteiger charge is -2.34. The molecule has 148 valence electrons. The predicted octanol–water partition coefficient (Wildman–Crippen LogP) is 3.49. The minimum atomic E-state index is -2.87. The van der Waals surface area contributed by atoms with Gasteiger partial charge in [-0.05, 0) is 35.4 Å². The Hall–Kier alpha value is -2.69. The van der Waals surface area contributed by atoms with Gasteiger partial charge in [0.2, 0.25) is 0 Å². The van der Waals surface area contributed by atoms with Crippen LogP contribution in [-0.4, -0.2) is 49.7 Å². The first-order valence-electron chi connectivity index (χ1n) is 9.13. The summed E-state index contributed by atoms with van der Waals surface area (Å²) in [5.41, 5.74) is 2.87. The first-order valence-corrected chi connectivity index (χ1v) is 9.13. The monoisotopic (exact) mass is 387 g/mol. The molecule has 1 saturated heterocycles. The first-order chi connectivity index (χ1) is 13.6. The van der Waals surface area contributed by atoms with Crippen LogP contribution in [0.2, 0.25) is 0 Å². The molecule has 0 aliphatic carbocycles. The van der Waals surface area contributed by atoms with Crippen molar-refractivity contribution in [3.05, 3.63) is 59.2 Å². The lowest BCUT2D eigenvalue weighted by Crippen LogP contribution is -2.45. The van der Waals surface area contributed by atoms with Crippen LogP contribution in [0.15, 0.2) is 42.5 Å². The maximum Gasteiger partial charge on any atom is 0.387 e. The molecule has 7 heteroatoms. The van der Waals surface area contributed by atoms with Gasteiger partial charge < -0.3 is 9.47 Å². The lowest BCUT2D eigenvalue weighted by molar-refractivity contribution is -0.0512. The molecule has 0 unspecified atom stereocenters. The van der Waals surface area contributed by atoms with Gasteiger partial charge in [-0.1, -0.05) is 18.2 Å². The van der Waals surface area contributed by atoms with E-state index >= 15 is 0 Å². The van der Waals surface area contributed by atoms with E-state index < -0.39 is 6.61 Å². The van der Waals surface area contributed by atoms with Crippen molar-refractivity contribution in [2.24, 2.45) is 0 Å². The highest BCUT2D eigenvalue weighted by Crippen LogP contribution is 2.30. The highest BCUT2D eigenvalue weighted by atomic mass is 19.3. The van der Waals surface area contributed by atoms with Crippen LogP contribution in [0.3, 0.4) is 0 Å². The fourth-order valence-electron chi connectivity index (χ4n) is 3.31. The molecular formula is C21H23F2N3O2. The third kappa shape index (κ3) is 5.41. The average molecular weight is 387 g/mol. The number of halogens is 2. The largest absolute Gasteiger partial charge is 0.493 e. The zero-order valence-electron chi connectivity index (χ0n) is 15.8. The second kappa shape index (κ2) is 9.49. The van der Waals surface area contributed by atoms with Crippen molar-refractivity contribution in [1.29, 1.82) is 5.26 Å². The smallest absolute Gasteiger partial charge is 0.387 e. The summed E-state index contributed by atoms with van der Waals surface area (Å²) < 4.78 is 34.5. The minimum Gasteiger partial charge on any atom is -0.493 e. The molecule has 3 rings (SSSR count). The summed E-state index contributed by atoms with van der Waals surface area (Å²) in [5, 5.41) is 8.87. The van der Waals surface area contributed by atoms with E-state index in [-0.39, 0.29) is 5.75 Å². The molecule has 2 aromatic rings. The van der Waals surface area contributed by atoms with Gasteiger partial charge in [0.15, 0.2) is 11.5 Å². The standard InChI is InChI=1S/C21H23F2N3O2/c1-27-20-12-18(6-7-19(20)28-21(22)23)15-26-10-8-25(9-11-26)14-17-4-2-16(13-24)3-5-17/h2-7,12,21H,8-11,14-15H2,1H3. The molecule has 2 aromatic carbocycles. The van der Waals surface area contributed by atoms with Crippen molar-refractivity contribution in [1.82, 2.24) is 9.80 Å². The SMILES string of the molecule is COc1cc(CN2CCN(Cc3ccc(C#N)cc3)CC2)ccc1OC(F)F. The van der Waals surface area contributed by atoms with E-state index in [1.54, 1.807) is 12.1 Å². The number of piperazine rings is 1. The molecular weight excluding hydrogens is 364 g/mol. The zero-order chi connectivity index (χ0) is 19.9. The number of alkyl halides is 2. The van der Waals surface area contributed by atoms with Gasteiger partial charge in [-0.15, -0.1) is 0 Å². The van der Waals surface area contributed by atoms with Gasteiger partial charge in [-0.25, -0.2) is 0 Å². The Morgan fingerprint density at radius 2 is 1.50 bits per heavy atom. The van der Waals surface area contributed by atoms with Crippen LogP contribution < -0.4 is 9.47 Å². The van der Waals surface area contributed by atoms with Crippen molar-refractivity contribution in [2.75, 3.05) is 33.3 Å². The molecule has 0 bridgehead atoms. The number of nitriles is 1. The average Bonchev–Trinajstić information content (AvgIpc) is 2.71. The van der Waals surface area contributed by atoms with Gasteiger partial charge in [0, 0.05) is 39.3 Å². The summed E-state index contributed by atoms with van der Waals surface area (Å²) in [4.78, 5) is 4.72. The quantitative estimate of drug-likeness (QED) is 0.728. The number of benzene rings is 2. The van der Waals surface area contributed by atoms with Crippen LogP contribution in [0.4, 0.5) is 8.78 Å². The van der Waals surface area contributed by atoms with Crippen molar-refractivity contribution >= 4 is 0 Å². The molecule has 0 radical (unpaired) electrons. The van der Waals surface area contributed by atoms with E-state index in [4.69, 9.17) is 10.00 Å². The molecule has 5 nitrogen and oxygen atoms in total. The summed E-state index contributed by atoms with van der Waals surface area (Å²) in [5.74, 6) is 0.366. The number of hydrogen-bond donors (Lipinski definition) is 0. The van der Waals surface area contributed by atoms with Gasteiger partial charge in [0.05, 0.1) is 18.7 Å². The highest BCUT2D eigenvalue weighted by Gasteiger charge is 2.18. The van der Waals surface area contributed by atoms with Gasteiger partial charge in [0.1, 0.15) is 0 Å². The Bertz CT molecular complexity index is 813. The van der Waals surface area contributed by atoms with Crippen LogP contribution in [0.1, 0.15) is 16.7 Å². The molecule has 0 saturated carbocycles. The Balaban J connectivity index is 1.51. The third-order valence-electron chi connectivity index (χ3n) is 4.80. The highest BCUT2D eigenvalue weighted by molar-refractivity contribution is 5.43. The molecule has 28 heavy (non-hydrogen) atoms. The van der Waals surface area contributed by atoms with Crippen LogP contribution in [0.25, 0.3) is 0 Å². The number of hydrogen-bond acceptors (Lipinski definition) is 5. The summed E-state index contributed by atoms with van der Waals surface area (Å²) in [6, 6.07) is 14.9. The van der Waals surface area contributed by atoms with E-state index in [2.05, 4.69) is 20.6 Å². The Morgan fingerprint density at radius 3 is 2.04 bits per heavy atom. The maximum absolute atomic E-state index is 12.4. The summed E-state index contributed by atoms with van der Waals surface area (Å²) >= 11 is 0. The lowest BCUT2D eigenvalue weighted by atomic mass is 10.1. The Morgan fingerprint density at radius 1 is 0.929 bits per heavy atom. The second-order valence-electron chi connectivity index (χ2n) is 6.72. The fourth-order valence-corrected chi connectivity index (χ4v) is 3.31. The van der Waals surface area contributed by atoms with E-state index in [9.17, 15) is 8.78 Å². The number of ether oxygens (including phenoxy) is 2. The second-order valence-corrected chi connectivity index (χ2v) is 6.72. The molecule has 1 aliphatic heterocycles. The summed E-state index contributed by atoms with van der Waals surface area (Å²) in [6.45, 7) is 2.47. The Labute approximate surface area is 163 Å². The molecule has 0 atom stereocenters. The Kier molecular flexibility index (Phi) is 6.80. The van der Waals surface area contributed by atoms with Crippen molar-refractivity contribution in [3.8, 4) is 17.6 Å². The fraction of sp³-hybridized carbons (Fsp3) is 0.381. The van der Waals surface area contributed by atoms with Crippen molar-refractivity contribution in [2.45, 2.75) is 19.7 Å². The van der Waals surface area contributed by atoms with Crippen molar-refractivity contribution in [3.63, 3.8) is 0 Å². The van der Waals surface area contributed by atoms with Gasteiger partial charge >= 0.3 is 6.61 Å². The molecule has 1 aliphatic rings. The maximum atomic E-state index is 12.4. The molecule has 0 N–H and O–H groups in total. The summed E-state index contributed by atoms with van der Waals surface area (Å²) in [6.07, 6.45) is 0. The number of rotatable bonds is 7. The van der Waals surface area contributed by atoms with Crippen LogP contribution >= 0.6 is 0 Å². The van der Waals surface area contributed by atoms with E-state index in [0.717, 1.165) is 44.8 Å². The van der Waals surface area contributed by atoms with Crippen LogP contribution in [0.5, 0.6) is 11.5 Å². The van der Waals surface area contributed by atoms with Gasteiger partial charge in [-0.3, -0.25) is 9.80 Å². The van der Waals surface area contributed by atoms with Crippen LogP contribution in [0, 0.1) is 11.3 Å². The molecule has 0 aromatic heterocycles. The zero-order valence-corrected chi connectivity index (χ0v) is 15.8. The first kappa shape index (κ1) is 20.1.